The number of hydrazine groups is 1. The Labute approximate surface area is 129 Å². The van der Waals surface area contributed by atoms with Crippen LogP contribution in [-0.2, 0) is 6.42 Å². The maximum Gasteiger partial charge on any atom is 0.227 e. The van der Waals surface area contributed by atoms with Crippen LogP contribution < -0.4 is 16.0 Å². The van der Waals surface area contributed by atoms with Gasteiger partial charge in [-0.15, -0.1) is 0 Å². The third kappa shape index (κ3) is 3.62. The molecule has 0 radical (unpaired) electrons. The molecule has 0 saturated carbocycles. The van der Waals surface area contributed by atoms with Gasteiger partial charge < -0.3 is 10.2 Å². The minimum absolute atomic E-state index is 0.467. The molecule has 0 unspecified atom stereocenters. The lowest BCUT2D eigenvalue weighted by Crippen LogP contribution is -2.13. The Morgan fingerprint density at radius 3 is 2.71 bits per heavy atom. The lowest BCUT2D eigenvalue weighted by molar-refractivity contribution is 0.454. The van der Waals surface area contributed by atoms with E-state index in [4.69, 9.17) is 22.2 Å². The van der Waals surface area contributed by atoms with Crippen LogP contribution >= 0.6 is 11.6 Å². The zero-order valence-electron chi connectivity index (χ0n) is 12.4. The van der Waals surface area contributed by atoms with Gasteiger partial charge in [0.05, 0.1) is 10.6 Å². The van der Waals surface area contributed by atoms with E-state index in [9.17, 15) is 0 Å². The average Bonchev–Trinajstić information content (AvgIpc) is 2.46. The molecular formula is C15H19ClN4O. The zero-order valence-corrected chi connectivity index (χ0v) is 13.2. The maximum atomic E-state index is 6.16. The van der Waals surface area contributed by atoms with Crippen LogP contribution in [0.25, 0.3) is 0 Å². The summed E-state index contributed by atoms with van der Waals surface area (Å²) >= 11 is 6.16. The van der Waals surface area contributed by atoms with E-state index in [2.05, 4.69) is 22.3 Å². The van der Waals surface area contributed by atoms with Gasteiger partial charge >= 0.3 is 0 Å². The van der Waals surface area contributed by atoms with E-state index >= 15 is 0 Å². The largest absolute Gasteiger partial charge is 0.437 e. The molecule has 0 atom stereocenters. The molecular weight excluding hydrogens is 288 g/mol. The van der Waals surface area contributed by atoms with Gasteiger partial charge in [0, 0.05) is 6.42 Å². The van der Waals surface area contributed by atoms with Crippen molar-refractivity contribution in [2.75, 3.05) is 5.43 Å². The van der Waals surface area contributed by atoms with Crippen molar-refractivity contribution in [2.24, 2.45) is 5.84 Å². The Hall–Kier alpha value is -1.85. The fraction of sp³-hybridized carbons (Fsp3) is 0.333. The molecule has 2 aromatic rings. The van der Waals surface area contributed by atoms with Crippen molar-refractivity contribution in [2.45, 2.75) is 33.6 Å². The number of anilines is 1. The predicted molar refractivity (Wildman–Crippen MR) is 84.8 cm³/mol. The van der Waals surface area contributed by atoms with Crippen molar-refractivity contribution in [3.63, 3.8) is 0 Å². The fourth-order valence-corrected chi connectivity index (χ4v) is 2.06. The molecule has 112 valence electrons. The number of hydrogen-bond donors (Lipinski definition) is 2. The number of hydrogen-bond acceptors (Lipinski definition) is 5. The Morgan fingerprint density at radius 1 is 1.29 bits per heavy atom. The SMILES string of the molecule is CCCc1nc(NN)c(C)c(Oc2cc(C)ccc2Cl)n1. The maximum absolute atomic E-state index is 6.16. The molecule has 0 aliphatic heterocycles. The number of aromatic nitrogens is 2. The molecule has 1 aromatic carbocycles. The molecule has 1 aromatic heterocycles. The highest BCUT2D eigenvalue weighted by atomic mass is 35.5. The van der Waals surface area contributed by atoms with Crippen LogP contribution in [0.5, 0.6) is 11.6 Å². The zero-order chi connectivity index (χ0) is 15.4. The summed E-state index contributed by atoms with van der Waals surface area (Å²) in [6.07, 6.45) is 1.70. The molecule has 0 saturated heterocycles. The van der Waals surface area contributed by atoms with Crippen LogP contribution in [0.15, 0.2) is 18.2 Å². The number of halogens is 1. The molecule has 0 amide bonds. The molecule has 0 aliphatic carbocycles. The summed E-state index contributed by atoms with van der Waals surface area (Å²) in [6.45, 7) is 5.89. The molecule has 21 heavy (non-hydrogen) atoms. The highest BCUT2D eigenvalue weighted by molar-refractivity contribution is 6.32. The van der Waals surface area contributed by atoms with Crippen molar-refractivity contribution >= 4 is 17.4 Å². The minimum atomic E-state index is 0.467. The number of nitrogens with zero attached hydrogens (tertiary/aromatic N) is 2. The van der Waals surface area contributed by atoms with Gasteiger partial charge in [0.15, 0.2) is 0 Å². The summed E-state index contributed by atoms with van der Waals surface area (Å²) in [5.41, 5.74) is 4.39. The van der Waals surface area contributed by atoms with Crippen LogP contribution in [0.1, 0.15) is 30.3 Å². The normalized spacial score (nSPS) is 10.5. The highest BCUT2D eigenvalue weighted by Crippen LogP contribution is 2.32. The molecule has 0 aliphatic rings. The van der Waals surface area contributed by atoms with Gasteiger partial charge in [-0.05, 0) is 38.0 Å². The van der Waals surface area contributed by atoms with Crippen molar-refractivity contribution in [1.29, 1.82) is 0 Å². The third-order valence-corrected chi connectivity index (χ3v) is 3.36. The van der Waals surface area contributed by atoms with Crippen LogP contribution in [0.2, 0.25) is 5.02 Å². The second kappa shape index (κ2) is 6.74. The standard InChI is InChI=1S/C15H19ClN4O/c1-4-5-13-18-14(20-17)10(3)15(19-13)21-12-8-9(2)6-7-11(12)16/h6-8H,4-5,17H2,1-3H3,(H,18,19,20). The lowest BCUT2D eigenvalue weighted by Gasteiger charge is -2.13. The molecule has 0 fully saturated rings. The summed E-state index contributed by atoms with van der Waals surface area (Å²) in [4.78, 5) is 8.81. The number of aryl methyl sites for hydroxylation is 2. The van der Waals surface area contributed by atoms with Crippen LogP contribution in [0.3, 0.4) is 0 Å². The summed E-state index contributed by atoms with van der Waals surface area (Å²) < 4.78 is 5.87. The molecule has 0 bridgehead atoms. The number of ether oxygens (including phenoxy) is 1. The van der Waals surface area contributed by atoms with Gasteiger partial charge in [0.25, 0.3) is 0 Å². The smallest absolute Gasteiger partial charge is 0.227 e. The first-order valence-electron chi connectivity index (χ1n) is 6.83. The first kappa shape index (κ1) is 15.5. The van der Waals surface area contributed by atoms with Crippen molar-refractivity contribution in [1.82, 2.24) is 9.97 Å². The van der Waals surface area contributed by atoms with Gasteiger partial charge in [-0.1, -0.05) is 24.6 Å². The number of nitrogens with one attached hydrogen (secondary N) is 1. The predicted octanol–water partition coefficient (Wildman–Crippen LogP) is 3.78. The monoisotopic (exact) mass is 306 g/mol. The summed E-state index contributed by atoms with van der Waals surface area (Å²) in [7, 11) is 0. The van der Waals surface area contributed by atoms with Crippen molar-refractivity contribution in [3.05, 3.63) is 40.2 Å². The quantitative estimate of drug-likeness (QED) is 0.649. The average molecular weight is 307 g/mol. The molecule has 6 heteroatoms. The van der Waals surface area contributed by atoms with Crippen LogP contribution in [0, 0.1) is 13.8 Å². The summed E-state index contributed by atoms with van der Waals surface area (Å²) in [6, 6.07) is 5.61. The van der Waals surface area contributed by atoms with Gasteiger partial charge in [-0.3, -0.25) is 0 Å². The van der Waals surface area contributed by atoms with Crippen molar-refractivity contribution in [3.8, 4) is 11.6 Å². The molecule has 3 N–H and O–H groups in total. The first-order chi connectivity index (χ1) is 10.0. The molecule has 0 spiro atoms. The van der Waals surface area contributed by atoms with E-state index in [0.717, 1.165) is 24.0 Å². The number of nitrogens with two attached hydrogens (primary N) is 1. The van der Waals surface area contributed by atoms with E-state index in [-0.39, 0.29) is 0 Å². The first-order valence-corrected chi connectivity index (χ1v) is 7.21. The van der Waals surface area contributed by atoms with E-state index in [1.807, 2.05) is 26.0 Å². The van der Waals surface area contributed by atoms with Gasteiger partial charge in [-0.25, -0.2) is 10.8 Å². The van der Waals surface area contributed by atoms with E-state index in [1.165, 1.54) is 0 Å². The second-order valence-electron chi connectivity index (χ2n) is 4.85. The van der Waals surface area contributed by atoms with E-state index in [0.29, 0.717) is 28.3 Å². The summed E-state index contributed by atoms with van der Waals surface area (Å²) in [5, 5.41) is 0.540. The van der Waals surface area contributed by atoms with Gasteiger partial charge in [-0.2, -0.15) is 4.98 Å². The van der Waals surface area contributed by atoms with Gasteiger partial charge in [0.1, 0.15) is 17.4 Å². The van der Waals surface area contributed by atoms with Crippen LogP contribution in [-0.4, -0.2) is 9.97 Å². The Balaban J connectivity index is 2.42. The number of rotatable bonds is 5. The molecule has 2 rings (SSSR count). The Morgan fingerprint density at radius 2 is 2.05 bits per heavy atom. The molecule has 5 nitrogen and oxygen atoms in total. The van der Waals surface area contributed by atoms with Gasteiger partial charge in [0.2, 0.25) is 5.88 Å². The topological polar surface area (TPSA) is 73.1 Å². The van der Waals surface area contributed by atoms with Crippen molar-refractivity contribution < 1.29 is 4.74 Å². The minimum Gasteiger partial charge on any atom is -0.437 e. The van der Waals surface area contributed by atoms with E-state index in [1.54, 1.807) is 6.07 Å². The lowest BCUT2D eigenvalue weighted by atomic mass is 10.2. The molecule has 1 heterocycles. The highest BCUT2D eigenvalue weighted by Gasteiger charge is 2.13. The Bertz CT molecular complexity index is 646. The third-order valence-electron chi connectivity index (χ3n) is 3.05. The number of nitrogen functional groups attached to an aromatic ring is 1. The van der Waals surface area contributed by atoms with Crippen LogP contribution in [0.4, 0.5) is 5.82 Å². The summed E-state index contributed by atoms with van der Waals surface area (Å²) in [5.74, 6) is 7.80. The second-order valence-corrected chi connectivity index (χ2v) is 5.26. The fourth-order valence-electron chi connectivity index (χ4n) is 1.91. The Kier molecular flexibility index (Phi) is 4.98. The number of benzene rings is 1. The van der Waals surface area contributed by atoms with E-state index < -0.39 is 0 Å².